The molecule has 1 heterocycles. The van der Waals surface area contributed by atoms with Gasteiger partial charge in [0.2, 0.25) is 17.7 Å². The van der Waals surface area contributed by atoms with Gasteiger partial charge in [0, 0.05) is 43.8 Å². The Labute approximate surface area is 254 Å². The van der Waals surface area contributed by atoms with Gasteiger partial charge in [0.1, 0.15) is 18.7 Å². The molecule has 1 aromatic rings. The molecule has 7 amide bonds. The Morgan fingerprint density at radius 1 is 0.909 bits per heavy atom. The second-order valence-electron chi connectivity index (χ2n) is 9.97. The third-order valence-electron chi connectivity index (χ3n) is 6.53. The molecule has 0 unspecified atom stereocenters. The van der Waals surface area contributed by atoms with Crippen LogP contribution in [0.25, 0.3) is 0 Å². The van der Waals surface area contributed by atoms with Gasteiger partial charge in [0.15, 0.2) is 0 Å². The zero-order chi connectivity index (χ0) is 32.5. The zero-order valence-electron chi connectivity index (χ0n) is 24.6. The van der Waals surface area contributed by atoms with Gasteiger partial charge < -0.3 is 36.8 Å². The van der Waals surface area contributed by atoms with Crippen molar-refractivity contribution in [2.75, 3.05) is 25.0 Å². The molecule has 0 saturated heterocycles. The van der Waals surface area contributed by atoms with E-state index in [1.54, 1.807) is 31.2 Å². The fourth-order valence-electron chi connectivity index (χ4n) is 4.08. The number of benzene rings is 1. The van der Waals surface area contributed by atoms with Gasteiger partial charge >= 0.3 is 12.0 Å². The molecule has 7 N–H and O–H groups in total. The summed E-state index contributed by atoms with van der Waals surface area (Å²) in [6.07, 6.45) is 4.57. The van der Waals surface area contributed by atoms with Gasteiger partial charge in [-0.25, -0.2) is 4.79 Å². The van der Waals surface area contributed by atoms with Gasteiger partial charge in [0.25, 0.3) is 11.8 Å². The third-order valence-corrected chi connectivity index (χ3v) is 6.53. The van der Waals surface area contributed by atoms with Crippen molar-refractivity contribution < 1.29 is 43.4 Å². The molecule has 2 atom stereocenters. The van der Waals surface area contributed by atoms with Crippen molar-refractivity contribution in [1.29, 1.82) is 0 Å². The summed E-state index contributed by atoms with van der Waals surface area (Å²) in [5, 5.41) is 19.9. The topological polar surface area (TPSA) is 226 Å². The summed E-state index contributed by atoms with van der Waals surface area (Å²) in [5.74, 6) is -2.93. The Hall–Kier alpha value is -4.79. The number of imide groups is 1. The largest absolute Gasteiger partial charge is 0.461 e. The highest BCUT2D eigenvalue weighted by molar-refractivity contribution is 6.12. The quantitative estimate of drug-likeness (QED) is 0.0696. The highest BCUT2D eigenvalue weighted by atomic mass is 16.5. The van der Waals surface area contributed by atoms with E-state index in [1.807, 2.05) is 0 Å². The minimum absolute atomic E-state index is 0.0419. The monoisotopic (exact) mass is 616 g/mol. The lowest BCUT2D eigenvalue weighted by Gasteiger charge is -2.22. The second-order valence-corrected chi connectivity index (χ2v) is 9.97. The molecule has 0 aromatic heterocycles. The van der Waals surface area contributed by atoms with Gasteiger partial charge in [-0.2, -0.15) is 0 Å². The van der Waals surface area contributed by atoms with E-state index in [0.29, 0.717) is 30.5 Å². The fourth-order valence-corrected chi connectivity index (χ4v) is 4.08. The van der Waals surface area contributed by atoms with E-state index >= 15 is 0 Å². The average molecular weight is 617 g/mol. The van der Waals surface area contributed by atoms with E-state index in [-0.39, 0.29) is 63.2 Å². The molecule has 0 spiro atoms. The van der Waals surface area contributed by atoms with Crippen LogP contribution >= 0.6 is 0 Å². The predicted molar refractivity (Wildman–Crippen MR) is 157 cm³/mol. The standard InChI is InChI=1S/C29H40N6O9/c1-2-26(40)44-18-19-9-11-20(12-10-19)32-27(41)21(7-6-15-31-29(30)43)34-28(42)22(17-36)33-23(37)8-4-3-5-16-35-24(38)13-14-25(35)39/h9-14,21-22,36H,2-8,15-18H2,1H3,(H,32,41)(H,33,37)(H,34,42)(H3,30,31,43)/t21-,22-/m0/s1. The van der Waals surface area contributed by atoms with E-state index in [4.69, 9.17) is 10.5 Å². The van der Waals surface area contributed by atoms with Gasteiger partial charge in [-0.15, -0.1) is 0 Å². The Kier molecular flexibility index (Phi) is 15.0. The number of unbranched alkanes of at least 4 members (excludes halogenated alkanes) is 2. The van der Waals surface area contributed by atoms with Crippen LogP contribution in [0, 0.1) is 0 Å². The summed E-state index contributed by atoms with van der Waals surface area (Å²) >= 11 is 0. The molecular formula is C29H40N6O9. The van der Waals surface area contributed by atoms with Crippen molar-refractivity contribution >= 4 is 47.2 Å². The summed E-state index contributed by atoms with van der Waals surface area (Å²) < 4.78 is 5.08. The van der Waals surface area contributed by atoms with Crippen molar-refractivity contribution in [3.8, 4) is 0 Å². The highest BCUT2D eigenvalue weighted by Crippen LogP contribution is 2.13. The number of esters is 1. The number of carbonyl (C=O) groups is 7. The van der Waals surface area contributed by atoms with Crippen LogP contribution in [0.4, 0.5) is 10.5 Å². The fraction of sp³-hybridized carbons (Fsp3) is 0.483. The van der Waals surface area contributed by atoms with Crippen molar-refractivity contribution in [3.05, 3.63) is 42.0 Å². The number of ether oxygens (including phenoxy) is 1. The SMILES string of the molecule is CCC(=O)OCc1ccc(NC(=O)[C@H](CCCNC(N)=O)NC(=O)[C@H](CO)NC(=O)CCCCCN2C(=O)C=CC2=O)cc1. The number of nitrogens with zero attached hydrogens (tertiary/aromatic N) is 1. The number of hydrogen-bond donors (Lipinski definition) is 6. The number of nitrogens with one attached hydrogen (secondary N) is 4. The normalized spacial score (nSPS) is 13.6. The smallest absolute Gasteiger partial charge is 0.312 e. The zero-order valence-corrected chi connectivity index (χ0v) is 24.6. The number of amides is 7. The molecule has 1 aliphatic rings. The van der Waals surface area contributed by atoms with Crippen LogP contribution in [-0.4, -0.2) is 83.3 Å². The molecule has 44 heavy (non-hydrogen) atoms. The van der Waals surface area contributed by atoms with E-state index in [9.17, 15) is 38.7 Å². The number of carbonyl (C=O) groups excluding carboxylic acids is 7. The van der Waals surface area contributed by atoms with Crippen LogP contribution in [0.1, 0.15) is 57.4 Å². The Bertz CT molecular complexity index is 1200. The third kappa shape index (κ3) is 12.6. The second kappa shape index (κ2) is 18.7. The first-order valence-corrected chi connectivity index (χ1v) is 14.4. The number of aliphatic hydroxyl groups excluding tert-OH is 1. The van der Waals surface area contributed by atoms with Crippen LogP contribution in [0.15, 0.2) is 36.4 Å². The first-order chi connectivity index (χ1) is 21.0. The molecule has 15 nitrogen and oxygen atoms in total. The lowest BCUT2D eigenvalue weighted by molar-refractivity contribution is -0.144. The molecule has 0 aliphatic carbocycles. The molecule has 0 saturated carbocycles. The minimum atomic E-state index is -1.32. The van der Waals surface area contributed by atoms with Gasteiger partial charge in [-0.05, 0) is 43.4 Å². The summed E-state index contributed by atoms with van der Waals surface area (Å²) in [6, 6.07) is 3.41. The van der Waals surface area contributed by atoms with Gasteiger partial charge in [-0.3, -0.25) is 33.7 Å². The van der Waals surface area contributed by atoms with Gasteiger partial charge in [-0.1, -0.05) is 25.5 Å². The molecule has 240 valence electrons. The van der Waals surface area contributed by atoms with Crippen LogP contribution in [0.5, 0.6) is 0 Å². The van der Waals surface area contributed by atoms with Crippen molar-refractivity contribution in [3.63, 3.8) is 0 Å². The highest BCUT2D eigenvalue weighted by Gasteiger charge is 2.27. The number of aliphatic hydroxyl groups is 1. The first kappa shape index (κ1) is 35.4. The van der Waals surface area contributed by atoms with Crippen LogP contribution in [-0.2, 0) is 40.1 Å². The molecule has 15 heteroatoms. The number of anilines is 1. The van der Waals surface area contributed by atoms with Crippen molar-refractivity contribution in [2.45, 2.75) is 70.6 Å². The summed E-state index contributed by atoms with van der Waals surface area (Å²) in [6.45, 7) is 1.44. The molecular weight excluding hydrogens is 576 g/mol. The summed E-state index contributed by atoms with van der Waals surface area (Å²) in [5.41, 5.74) is 6.20. The van der Waals surface area contributed by atoms with E-state index < -0.39 is 42.4 Å². The molecule has 2 rings (SSSR count). The minimum Gasteiger partial charge on any atom is -0.461 e. The Morgan fingerprint density at radius 3 is 2.20 bits per heavy atom. The molecule has 0 radical (unpaired) electrons. The van der Waals surface area contributed by atoms with Crippen LogP contribution in [0.3, 0.4) is 0 Å². The molecule has 0 bridgehead atoms. The maximum Gasteiger partial charge on any atom is 0.312 e. The lowest BCUT2D eigenvalue weighted by atomic mass is 10.1. The van der Waals surface area contributed by atoms with Crippen LogP contribution in [0.2, 0.25) is 0 Å². The lowest BCUT2D eigenvalue weighted by Crippen LogP contribution is -2.54. The number of nitrogens with two attached hydrogens (primary N) is 1. The summed E-state index contributed by atoms with van der Waals surface area (Å²) in [7, 11) is 0. The van der Waals surface area contributed by atoms with Crippen LogP contribution < -0.4 is 27.0 Å². The predicted octanol–water partition coefficient (Wildman–Crippen LogP) is -0.0259. The van der Waals surface area contributed by atoms with Crippen molar-refractivity contribution in [2.24, 2.45) is 5.73 Å². The van der Waals surface area contributed by atoms with E-state index in [2.05, 4.69) is 21.3 Å². The maximum atomic E-state index is 13.1. The Balaban J connectivity index is 1.89. The number of urea groups is 1. The molecule has 1 aliphatic heterocycles. The molecule has 0 fully saturated rings. The van der Waals surface area contributed by atoms with E-state index in [0.717, 1.165) is 4.90 Å². The number of rotatable bonds is 19. The maximum absolute atomic E-state index is 13.1. The average Bonchev–Trinajstić information content (AvgIpc) is 3.32. The van der Waals surface area contributed by atoms with E-state index in [1.165, 1.54) is 12.2 Å². The number of primary amides is 1. The first-order valence-electron chi connectivity index (χ1n) is 14.4. The molecule has 1 aromatic carbocycles. The number of hydrogen-bond acceptors (Lipinski definition) is 9. The van der Waals surface area contributed by atoms with Crippen molar-refractivity contribution in [1.82, 2.24) is 20.9 Å². The summed E-state index contributed by atoms with van der Waals surface area (Å²) in [4.78, 5) is 85.0. The Morgan fingerprint density at radius 2 is 1.59 bits per heavy atom. The van der Waals surface area contributed by atoms with Gasteiger partial charge in [0.05, 0.1) is 6.61 Å².